The average molecular weight is 285 g/mol. The zero-order valence-corrected chi connectivity index (χ0v) is 10.9. The quantitative estimate of drug-likeness (QED) is 0.769. The van der Waals surface area contributed by atoms with E-state index in [1.165, 1.54) is 13.8 Å². The Morgan fingerprint density at radius 1 is 1.16 bits per heavy atom. The molecule has 0 amide bonds. The summed E-state index contributed by atoms with van der Waals surface area (Å²) >= 11 is 0. The summed E-state index contributed by atoms with van der Waals surface area (Å²) in [5.41, 5.74) is -1.42. The molecule has 0 aliphatic carbocycles. The maximum Gasteiger partial charge on any atom is 0.459 e. The van der Waals surface area contributed by atoms with E-state index >= 15 is 0 Å². The van der Waals surface area contributed by atoms with Crippen molar-refractivity contribution >= 4 is 0 Å². The van der Waals surface area contributed by atoms with E-state index in [0.29, 0.717) is 17.5 Å². The lowest BCUT2D eigenvalue weighted by molar-refractivity contribution is -0.292. The highest BCUT2D eigenvalue weighted by atomic mass is 19.4. The molecular weight excluding hydrogens is 269 g/mol. The number of hydrogen-bond acceptors (Lipinski definition) is 2. The van der Waals surface area contributed by atoms with Crippen molar-refractivity contribution in [1.82, 2.24) is 15.0 Å². The first-order valence-corrected chi connectivity index (χ1v) is 6.02. The second kappa shape index (κ2) is 5.42. The predicted molar refractivity (Wildman–Crippen MR) is 59.0 cm³/mol. The highest BCUT2D eigenvalue weighted by Crippen LogP contribution is 2.45. The standard InChI is InChI=1S/C11H16F5N3/c1-4-5-6-8-9(10(12,13)11(14,15)16)19(7(2)3)18-17-8/h7H,4-6H2,1-3H3. The molecule has 0 aromatic carbocycles. The normalized spacial score (nSPS) is 13.3. The van der Waals surface area contributed by atoms with Gasteiger partial charge in [-0.05, 0) is 26.7 Å². The summed E-state index contributed by atoms with van der Waals surface area (Å²) in [5, 5.41) is 6.92. The van der Waals surface area contributed by atoms with Gasteiger partial charge in [0.15, 0.2) is 0 Å². The number of unbranched alkanes of at least 4 members (excludes halogenated alkanes) is 1. The van der Waals surface area contributed by atoms with Crippen molar-refractivity contribution in [1.29, 1.82) is 0 Å². The molecule has 0 aliphatic rings. The maximum absolute atomic E-state index is 13.6. The Morgan fingerprint density at radius 2 is 1.74 bits per heavy atom. The Bertz CT molecular complexity index is 422. The van der Waals surface area contributed by atoms with E-state index in [0.717, 1.165) is 0 Å². The molecule has 3 nitrogen and oxygen atoms in total. The molecule has 1 aromatic heterocycles. The largest absolute Gasteiger partial charge is 0.459 e. The van der Waals surface area contributed by atoms with Crippen LogP contribution in [-0.4, -0.2) is 21.2 Å². The van der Waals surface area contributed by atoms with Gasteiger partial charge in [0.2, 0.25) is 0 Å². The zero-order valence-electron chi connectivity index (χ0n) is 10.9. The fraction of sp³-hybridized carbons (Fsp3) is 0.818. The minimum atomic E-state index is -5.65. The van der Waals surface area contributed by atoms with Crippen LogP contribution in [0.5, 0.6) is 0 Å². The Hall–Kier alpha value is -1.21. The molecule has 19 heavy (non-hydrogen) atoms. The number of rotatable bonds is 5. The van der Waals surface area contributed by atoms with Crippen molar-refractivity contribution < 1.29 is 22.0 Å². The highest BCUT2D eigenvalue weighted by molar-refractivity contribution is 5.19. The number of nitrogens with zero attached hydrogens (tertiary/aromatic N) is 3. The Kier molecular flexibility index (Phi) is 4.52. The van der Waals surface area contributed by atoms with E-state index in [2.05, 4.69) is 10.3 Å². The second-order valence-corrected chi connectivity index (χ2v) is 4.60. The van der Waals surface area contributed by atoms with Crippen LogP contribution in [0.1, 0.15) is 51.0 Å². The lowest BCUT2D eigenvalue weighted by Gasteiger charge is -2.22. The minimum absolute atomic E-state index is 0.0597. The molecule has 1 heterocycles. The van der Waals surface area contributed by atoms with Gasteiger partial charge in [-0.25, -0.2) is 4.68 Å². The van der Waals surface area contributed by atoms with Gasteiger partial charge in [0, 0.05) is 6.04 Å². The van der Waals surface area contributed by atoms with Crippen LogP contribution in [0.3, 0.4) is 0 Å². The van der Waals surface area contributed by atoms with Gasteiger partial charge in [-0.3, -0.25) is 0 Å². The van der Waals surface area contributed by atoms with Gasteiger partial charge in [0.1, 0.15) is 5.69 Å². The van der Waals surface area contributed by atoms with Crippen LogP contribution in [0.2, 0.25) is 0 Å². The number of alkyl halides is 5. The fourth-order valence-corrected chi connectivity index (χ4v) is 1.66. The maximum atomic E-state index is 13.6. The Labute approximate surface area is 107 Å². The summed E-state index contributed by atoms with van der Waals surface area (Å²) in [6.45, 7) is 4.77. The van der Waals surface area contributed by atoms with E-state index in [1.807, 2.05) is 6.92 Å². The van der Waals surface area contributed by atoms with Crippen molar-refractivity contribution in [2.24, 2.45) is 0 Å². The lowest BCUT2D eigenvalue weighted by atomic mass is 10.1. The van der Waals surface area contributed by atoms with E-state index < -0.39 is 23.8 Å². The second-order valence-electron chi connectivity index (χ2n) is 4.60. The van der Waals surface area contributed by atoms with Crippen LogP contribution < -0.4 is 0 Å². The van der Waals surface area contributed by atoms with Crippen molar-refractivity contribution in [3.8, 4) is 0 Å². The first-order valence-electron chi connectivity index (χ1n) is 6.02. The summed E-state index contributed by atoms with van der Waals surface area (Å²) in [5.74, 6) is -4.94. The van der Waals surface area contributed by atoms with Crippen molar-refractivity contribution in [2.75, 3.05) is 0 Å². The summed E-state index contributed by atoms with van der Waals surface area (Å²) in [7, 11) is 0. The third-order valence-corrected chi connectivity index (χ3v) is 2.67. The van der Waals surface area contributed by atoms with Crippen molar-refractivity contribution in [3.05, 3.63) is 11.4 Å². The monoisotopic (exact) mass is 285 g/mol. The number of halogens is 5. The highest BCUT2D eigenvalue weighted by Gasteiger charge is 2.62. The molecule has 0 bridgehead atoms. The molecule has 0 atom stereocenters. The topological polar surface area (TPSA) is 30.7 Å². The van der Waals surface area contributed by atoms with Gasteiger partial charge in [0.25, 0.3) is 0 Å². The van der Waals surface area contributed by atoms with Gasteiger partial charge in [-0.15, -0.1) is 5.10 Å². The van der Waals surface area contributed by atoms with Gasteiger partial charge < -0.3 is 0 Å². The molecule has 0 aliphatic heterocycles. The summed E-state index contributed by atoms with van der Waals surface area (Å²) in [6.07, 6.45) is -4.43. The smallest absolute Gasteiger partial charge is 0.240 e. The molecule has 110 valence electrons. The first-order chi connectivity index (χ1) is 8.63. The summed E-state index contributed by atoms with van der Waals surface area (Å²) in [4.78, 5) is 0. The third-order valence-electron chi connectivity index (χ3n) is 2.67. The Morgan fingerprint density at radius 3 is 2.16 bits per heavy atom. The van der Waals surface area contributed by atoms with Crippen molar-refractivity contribution in [3.63, 3.8) is 0 Å². The van der Waals surface area contributed by atoms with Crippen LogP contribution >= 0.6 is 0 Å². The van der Waals surface area contributed by atoms with Crippen LogP contribution in [0, 0.1) is 0 Å². The average Bonchev–Trinajstić information content (AvgIpc) is 2.68. The summed E-state index contributed by atoms with van der Waals surface area (Å²) < 4.78 is 65.4. The van der Waals surface area contributed by atoms with Crippen LogP contribution in [-0.2, 0) is 12.3 Å². The zero-order chi connectivity index (χ0) is 14.8. The summed E-state index contributed by atoms with van der Waals surface area (Å²) in [6, 6.07) is -0.619. The lowest BCUT2D eigenvalue weighted by Crippen LogP contribution is -2.37. The molecule has 0 saturated carbocycles. The van der Waals surface area contributed by atoms with E-state index in [1.54, 1.807) is 0 Å². The number of hydrogen-bond donors (Lipinski definition) is 0. The van der Waals surface area contributed by atoms with Gasteiger partial charge in [-0.2, -0.15) is 22.0 Å². The molecule has 0 spiro atoms. The molecule has 0 saturated heterocycles. The van der Waals surface area contributed by atoms with E-state index in [4.69, 9.17) is 0 Å². The molecular formula is C11H16F5N3. The van der Waals surface area contributed by atoms with Crippen LogP contribution in [0.15, 0.2) is 0 Å². The van der Waals surface area contributed by atoms with E-state index in [-0.39, 0.29) is 12.1 Å². The predicted octanol–water partition coefficient (Wildman–Crippen LogP) is 3.86. The Balaban J connectivity index is 3.32. The third kappa shape index (κ3) is 3.03. The first kappa shape index (κ1) is 15.8. The molecule has 0 fully saturated rings. The molecule has 0 unspecified atom stereocenters. The number of aryl methyl sites for hydroxylation is 1. The fourth-order valence-electron chi connectivity index (χ4n) is 1.66. The van der Waals surface area contributed by atoms with Gasteiger partial charge >= 0.3 is 12.1 Å². The van der Waals surface area contributed by atoms with Gasteiger partial charge in [-0.1, -0.05) is 18.6 Å². The number of aromatic nitrogens is 3. The SMILES string of the molecule is CCCCc1nnn(C(C)C)c1C(F)(F)C(F)(F)F. The van der Waals surface area contributed by atoms with Crippen LogP contribution in [0.25, 0.3) is 0 Å². The molecule has 8 heteroatoms. The molecule has 1 rings (SSSR count). The molecule has 0 radical (unpaired) electrons. The minimum Gasteiger partial charge on any atom is -0.240 e. The molecule has 1 aromatic rings. The van der Waals surface area contributed by atoms with E-state index in [9.17, 15) is 22.0 Å². The van der Waals surface area contributed by atoms with Gasteiger partial charge in [0.05, 0.1) is 5.69 Å². The van der Waals surface area contributed by atoms with Crippen molar-refractivity contribution in [2.45, 2.75) is 58.2 Å². The van der Waals surface area contributed by atoms with Crippen LogP contribution in [0.4, 0.5) is 22.0 Å². The molecule has 0 N–H and O–H groups in total.